The van der Waals surface area contributed by atoms with Crippen LogP contribution in [0.2, 0.25) is 0 Å². The van der Waals surface area contributed by atoms with Gasteiger partial charge < -0.3 is 10.3 Å². The van der Waals surface area contributed by atoms with Crippen LogP contribution in [0.15, 0.2) is 35.1 Å². The molecule has 4 nitrogen and oxygen atoms in total. The first-order valence-corrected chi connectivity index (χ1v) is 7.54. The highest BCUT2D eigenvalue weighted by atomic mass is 16.2. The van der Waals surface area contributed by atoms with Crippen LogP contribution in [0.5, 0.6) is 0 Å². The zero-order valence-electron chi connectivity index (χ0n) is 12.2. The highest BCUT2D eigenvalue weighted by Crippen LogP contribution is 2.43. The monoisotopic (exact) mass is 284 g/mol. The third kappa shape index (κ3) is 2.58. The molecule has 0 unspecified atom stereocenters. The lowest BCUT2D eigenvalue weighted by Crippen LogP contribution is -2.42. The van der Waals surface area contributed by atoms with Crippen molar-refractivity contribution in [2.45, 2.75) is 32.6 Å². The second-order valence-corrected chi connectivity index (χ2v) is 5.99. The summed E-state index contributed by atoms with van der Waals surface area (Å²) < 4.78 is 0. The van der Waals surface area contributed by atoms with Crippen LogP contribution in [0.3, 0.4) is 0 Å². The second-order valence-electron chi connectivity index (χ2n) is 5.99. The topological polar surface area (TPSA) is 62.0 Å². The Morgan fingerprint density at radius 1 is 1.33 bits per heavy atom. The van der Waals surface area contributed by atoms with Gasteiger partial charge in [-0.1, -0.05) is 31.5 Å². The summed E-state index contributed by atoms with van der Waals surface area (Å²) in [4.78, 5) is 26.9. The van der Waals surface area contributed by atoms with Crippen molar-refractivity contribution in [1.29, 1.82) is 0 Å². The second kappa shape index (κ2) is 5.35. The number of carbonyl (C=O) groups excluding carboxylic acids is 1. The Balaban J connectivity index is 1.80. The first-order chi connectivity index (χ1) is 10.1. The molecular formula is C17H20N2O2. The van der Waals surface area contributed by atoms with Gasteiger partial charge in [-0.25, -0.2) is 0 Å². The Kier molecular flexibility index (Phi) is 3.53. The molecule has 0 spiro atoms. The van der Waals surface area contributed by atoms with E-state index in [9.17, 15) is 9.59 Å². The van der Waals surface area contributed by atoms with E-state index in [-0.39, 0.29) is 16.9 Å². The van der Waals surface area contributed by atoms with Gasteiger partial charge in [0.25, 0.3) is 11.5 Å². The van der Waals surface area contributed by atoms with Crippen molar-refractivity contribution in [3.63, 3.8) is 0 Å². The van der Waals surface area contributed by atoms with Crippen molar-refractivity contribution in [1.82, 2.24) is 10.3 Å². The minimum atomic E-state index is -0.216. The third-order valence-electron chi connectivity index (χ3n) is 4.79. The molecular weight excluding hydrogens is 264 g/mol. The molecule has 1 amide bonds. The molecule has 1 fully saturated rings. The Bertz CT molecular complexity index is 723. The lowest BCUT2D eigenvalue weighted by atomic mass is 9.67. The number of hydrogen-bond acceptors (Lipinski definition) is 2. The van der Waals surface area contributed by atoms with Crippen LogP contribution in [0.25, 0.3) is 10.8 Å². The van der Waals surface area contributed by atoms with Gasteiger partial charge in [0.15, 0.2) is 0 Å². The number of pyridine rings is 1. The van der Waals surface area contributed by atoms with Gasteiger partial charge in [-0.2, -0.15) is 0 Å². The molecule has 2 aromatic rings. The van der Waals surface area contributed by atoms with E-state index < -0.39 is 0 Å². The standard InChI is InChI=1S/C17H20N2O2/c1-2-17(8-5-9-17)11-18-16(21)14-10-12-6-3-4-7-13(12)15(20)19-14/h3-4,6-7,10H,2,5,8-9,11H2,1H3,(H,18,21)(H,19,20). The normalized spacial score (nSPS) is 16.4. The summed E-state index contributed by atoms with van der Waals surface area (Å²) in [5.74, 6) is -0.197. The third-order valence-corrected chi connectivity index (χ3v) is 4.79. The van der Waals surface area contributed by atoms with Crippen LogP contribution in [0.4, 0.5) is 0 Å². The van der Waals surface area contributed by atoms with E-state index in [0.29, 0.717) is 17.6 Å². The number of rotatable bonds is 4. The van der Waals surface area contributed by atoms with Crippen molar-refractivity contribution in [2.75, 3.05) is 6.54 Å². The van der Waals surface area contributed by atoms with Crippen molar-refractivity contribution in [3.8, 4) is 0 Å². The Morgan fingerprint density at radius 2 is 2.10 bits per heavy atom. The highest BCUT2D eigenvalue weighted by molar-refractivity contribution is 5.96. The summed E-state index contributed by atoms with van der Waals surface area (Å²) in [5, 5.41) is 4.38. The van der Waals surface area contributed by atoms with Crippen LogP contribution in [0, 0.1) is 5.41 Å². The van der Waals surface area contributed by atoms with E-state index in [1.54, 1.807) is 12.1 Å². The molecule has 1 aliphatic rings. The molecule has 21 heavy (non-hydrogen) atoms. The Morgan fingerprint density at radius 3 is 2.76 bits per heavy atom. The Hall–Kier alpha value is -2.10. The van der Waals surface area contributed by atoms with Crippen molar-refractivity contribution in [2.24, 2.45) is 5.41 Å². The van der Waals surface area contributed by atoms with E-state index in [1.807, 2.05) is 18.2 Å². The molecule has 1 aliphatic carbocycles. The van der Waals surface area contributed by atoms with E-state index in [0.717, 1.165) is 11.8 Å². The van der Waals surface area contributed by atoms with Crippen LogP contribution < -0.4 is 10.9 Å². The minimum absolute atomic E-state index is 0.197. The number of hydrogen-bond donors (Lipinski definition) is 2. The van der Waals surface area contributed by atoms with Gasteiger partial charge in [0.05, 0.1) is 0 Å². The molecule has 110 valence electrons. The van der Waals surface area contributed by atoms with Crippen LogP contribution in [-0.4, -0.2) is 17.4 Å². The van der Waals surface area contributed by atoms with E-state index in [1.165, 1.54) is 19.3 Å². The van der Waals surface area contributed by atoms with Gasteiger partial charge in [0.1, 0.15) is 5.69 Å². The number of H-pyrrole nitrogens is 1. The molecule has 1 aromatic carbocycles. The molecule has 1 aromatic heterocycles. The molecule has 0 radical (unpaired) electrons. The maximum Gasteiger partial charge on any atom is 0.267 e. The highest BCUT2D eigenvalue weighted by Gasteiger charge is 2.35. The molecule has 1 saturated carbocycles. The summed E-state index contributed by atoms with van der Waals surface area (Å²) >= 11 is 0. The summed E-state index contributed by atoms with van der Waals surface area (Å²) in [6.07, 6.45) is 4.69. The summed E-state index contributed by atoms with van der Waals surface area (Å²) in [6.45, 7) is 2.86. The van der Waals surface area contributed by atoms with Gasteiger partial charge in [-0.3, -0.25) is 9.59 Å². The van der Waals surface area contributed by atoms with Crippen LogP contribution >= 0.6 is 0 Å². The average molecular weight is 284 g/mol. The van der Waals surface area contributed by atoms with Crippen molar-refractivity contribution >= 4 is 16.7 Å². The lowest BCUT2D eigenvalue weighted by molar-refractivity contribution is 0.0845. The summed E-state index contributed by atoms with van der Waals surface area (Å²) in [5.41, 5.74) is 0.392. The van der Waals surface area contributed by atoms with Crippen molar-refractivity contribution < 1.29 is 4.79 Å². The maximum absolute atomic E-state index is 12.3. The van der Waals surface area contributed by atoms with E-state index >= 15 is 0 Å². The SMILES string of the molecule is CCC1(CNC(=O)c2cc3ccccc3c(=O)[nH]2)CCC1. The number of carbonyl (C=O) groups is 1. The van der Waals surface area contributed by atoms with E-state index in [4.69, 9.17) is 0 Å². The molecule has 1 heterocycles. The van der Waals surface area contributed by atoms with Gasteiger partial charge in [-0.15, -0.1) is 0 Å². The first-order valence-electron chi connectivity index (χ1n) is 7.54. The smallest absolute Gasteiger partial charge is 0.267 e. The predicted octanol–water partition coefficient (Wildman–Crippen LogP) is 2.84. The van der Waals surface area contributed by atoms with Crippen LogP contribution in [0.1, 0.15) is 43.1 Å². The van der Waals surface area contributed by atoms with E-state index in [2.05, 4.69) is 17.2 Å². The average Bonchev–Trinajstić information content (AvgIpc) is 2.46. The molecule has 2 N–H and O–H groups in total. The number of nitrogens with one attached hydrogen (secondary N) is 2. The maximum atomic E-state index is 12.3. The predicted molar refractivity (Wildman–Crippen MR) is 83.5 cm³/mol. The molecule has 0 aliphatic heterocycles. The molecule has 0 saturated heterocycles. The fourth-order valence-electron chi connectivity index (χ4n) is 3.03. The first kappa shape index (κ1) is 13.9. The van der Waals surface area contributed by atoms with Gasteiger partial charge in [0, 0.05) is 11.9 Å². The fraction of sp³-hybridized carbons (Fsp3) is 0.412. The minimum Gasteiger partial charge on any atom is -0.350 e. The number of fused-ring (bicyclic) bond motifs is 1. The molecule has 0 atom stereocenters. The summed E-state index contributed by atoms with van der Waals surface area (Å²) in [7, 11) is 0. The zero-order chi connectivity index (χ0) is 14.9. The zero-order valence-corrected chi connectivity index (χ0v) is 12.2. The molecule has 4 heteroatoms. The fourth-order valence-corrected chi connectivity index (χ4v) is 3.03. The molecule has 3 rings (SSSR count). The summed E-state index contributed by atoms with van der Waals surface area (Å²) in [6, 6.07) is 9.03. The van der Waals surface area contributed by atoms with Crippen molar-refractivity contribution in [3.05, 3.63) is 46.4 Å². The molecule has 0 bridgehead atoms. The lowest BCUT2D eigenvalue weighted by Gasteiger charge is -2.41. The van der Waals surface area contributed by atoms with Gasteiger partial charge in [0.2, 0.25) is 0 Å². The van der Waals surface area contributed by atoms with Crippen LogP contribution in [-0.2, 0) is 0 Å². The number of aromatic nitrogens is 1. The number of aromatic amines is 1. The number of benzene rings is 1. The largest absolute Gasteiger partial charge is 0.350 e. The van der Waals surface area contributed by atoms with Gasteiger partial charge in [-0.05, 0) is 42.2 Å². The quantitative estimate of drug-likeness (QED) is 0.907. The Labute approximate surface area is 123 Å². The number of amides is 1. The van der Waals surface area contributed by atoms with Gasteiger partial charge >= 0.3 is 0 Å².